The Morgan fingerprint density at radius 1 is 1.00 bits per heavy atom. The summed E-state index contributed by atoms with van der Waals surface area (Å²) in [6.07, 6.45) is 4.72. The molecule has 0 saturated carbocycles. The van der Waals surface area contributed by atoms with Crippen molar-refractivity contribution in [3.8, 4) is 0 Å². The van der Waals surface area contributed by atoms with Crippen LogP contribution in [0, 0.1) is 20.6 Å². The van der Waals surface area contributed by atoms with Gasteiger partial charge in [0.05, 0.1) is 4.92 Å². The molecule has 0 amide bonds. The number of nitro benzene ring substituents is 1. The van der Waals surface area contributed by atoms with Crippen LogP contribution in [-0.2, 0) is 6.42 Å². The van der Waals surface area contributed by atoms with Crippen LogP contribution in [-0.4, -0.2) is 10.7 Å². The van der Waals surface area contributed by atoms with Crippen LogP contribution < -0.4 is 10.4 Å². The van der Waals surface area contributed by atoms with Crippen LogP contribution in [0.2, 0.25) is 0 Å². The first-order valence-electron chi connectivity index (χ1n) is 10.3. The molecule has 4 heteroatoms. The lowest BCUT2D eigenvalue weighted by molar-refractivity contribution is -0.384. The number of benzene rings is 3. The summed E-state index contributed by atoms with van der Waals surface area (Å²) in [7, 11) is 0. The monoisotopic (exact) mass is 395 g/mol. The van der Waals surface area contributed by atoms with E-state index in [1.54, 1.807) is 12.1 Å². The van der Waals surface area contributed by atoms with E-state index in [2.05, 4.69) is 49.4 Å². The molecule has 0 spiro atoms. The lowest BCUT2D eigenvalue weighted by Gasteiger charge is -2.25. The van der Waals surface area contributed by atoms with Crippen molar-refractivity contribution in [1.82, 2.24) is 0 Å². The minimum Gasteiger partial charge on any atom is -0.289 e. The number of non-ortho nitro benzene ring substituents is 1. The molecule has 0 N–H and O–H groups in total. The van der Waals surface area contributed by atoms with Gasteiger partial charge in [-0.2, -0.15) is 0 Å². The first-order chi connectivity index (χ1) is 14.5. The Balaban J connectivity index is 1.77. The summed E-state index contributed by atoms with van der Waals surface area (Å²) >= 11 is 0. The maximum atomic E-state index is 13.3. The van der Waals surface area contributed by atoms with Crippen LogP contribution in [0.5, 0.6) is 0 Å². The Morgan fingerprint density at radius 3 is 2.63 bits per heavy atom. The van der Waals surface area contributed by atoms with Gasteiger partial charge in [0.1, 0.15) is 0 Å². The molecule has 2 aliphatic rings. The molecule has 0 fully saturated rings. The van der Waals surface area contributed by atoms with E-state index in [4.69, 9.17) is 0 Å². The number of Topliss-reactive ketones (excluding diaryl/α,β-unsaturated/α-hetero) is 1. The SMILES string of the molecule is CC1CCC(C(=O)c2cccc([N+](=O)[O-])c2)=c2ccc3c(c21)CC=c1ccccc1=3. The molecule has 3 aromatic rings. The summed E-state index contributed by atoms with van der Waals surface area (Å²) in [4.78, 5) is 24.0. The maximum absolute atomic E-state index is 13.3. The lowest BCUT2D eigenvalue weighted by atomic mass is 9.78. The van der Waals surface area contributed by atoms with E-state index < -0.39 is 4.92 Å². The van der Waals surface area contributed by atoms with E-state index in [9.17, 15) is 14.9 Å². The van der Waals surface area contributed by atoms with E-state index in [-0.39, 0.29) is 11.5 Å². The van der Waals surface area contributed by atoms with Gasteiger partial charge in [-0.25, -0.2) is 0 Å². The normalized spacial score (nSPS) is 16.7. The number of carbonyl (C=O) groups excluding carboxylic acids is 1. The van der Waals surface area contributed by atoms with Crippen LogP contribution in [0.1, 0.15) is 47.2 Å². The van der Waals surface area contributed by atoms with Gasteiger partial charge in [0, 0.05) is 23.3 Å². The minimum atomic E-state index is -0.456. The average molecular weight is 395 g/mol. The van der Waals surface area contributed by atoms with E-state index >= 15 is 0 Å². The number of nitrogens with zero attached hydrogens (tertiary/aromatic N) is 1. The predicted molar refractivity (Wildman–Crippen MR) is 116 cm³/mol. The third kappa shape index (κ3) is 2.88. The van der Waals surface area contributed by atoms with Crippen molar-refractivity contribution >= 4 is 23.1 Å². The number of rotatable bonds is 3. The minimum absolute atomic E-state index is 0.0532. The number of fused-ring (bicyclic) bond motifs is 4. The zero-order chi connectivity index (χ0) is 20.8. The van der Waals surface area contributed by atoms with Gasteiger partial charge in [0.25, 0.3) is 5.69 Å². The summed E-state index contributed by atoms with van der Waals surface area (Å²) in [6.45, 7) is 2.23. The molecule has 4 nitrogen and oxygen atoms in total. The molecular weight excluding hydrogens is 374 g/mol. The second-order valence-electron chi connectivity index (χ2n) is 8.10. The Kier molecular flexibility index (Phi) is 4.35. The zero-order valence-electron chi connectivity index (χ0n) is 16.7. The van der Waals surface area contributed by atoms with Crippen molar-refractivity contribution in [2.75, 3.05) is 0 Å². The summed E-state index contributed by atoms with van der Waals surface area (Å²) in [5, 5.41) is 15.9. The first-order valence-corrected chi connectivity index (χ1v) is 10.3. The highest BCUT2D eigenvalue weighted by atomic mass is 16.6. The van der Waals surface area contributed by atoms with Gasteiger partial charge in [-0.3, -0.25) is 14.9 Å². The van der Waals surface area contributed by atoms with Crippen LogP contribution in [0.25, 0.3) is 11.6 Å². The highest BCUT2D eigenvalue weighted by molar-refractivity contribution is 6.24. The number of nitro groups is 1. The van der Waals surface area contributed by atoms with E-state index in [1.165, 1.54) is 38.9 Å². The molecule has 0 saturated heterocycles. The summed E-state index contributed by atoms with van der Waals surface area (Å²) in [5.41, 5.74) is 3.67. The molecule has 1 unspecified atom stereocenters. The van der Waals surface area contributed by atoms with Crippen molar-refractivity contribution in [2.45, 2.75) is 32.1 Å². The smallest absolute Gasteiger partial charge is 0.270 e. The third-order valence-electron chi connectivity index (χ3n) is 6.37. The molecule has 0 bridgehead atoms. The zero-order valence-corrected chi connectivity index (χ0v) is 16.7. The lowest BCUT2D eigenvalue weighted by Crippen LogP contribution is -2.27. The largest absolute Gasteiger partial charge is 0.289 e. The fourth-order valence-electron chi connectivity index (χ4n) is 4.91. The molecule has 5 rings (SSSR count). The van der Waals surface area contributed by atoms with Gasteiger partial charge in [0.2, 0.25) is 0 Å². The number of hydrogen-bond donors (Lipinski definition) is 0. The maximum Gasteiger partial charge on any atom is 0.270 e. The van der Waals surface area contributed by atoms with Crippen molar-refractivity contribution in [2.24, 2.45) is 0 Å². The van der Waals surface area contributed by atoms with E-state index in [0.29, 0.717) is 17.9 Å². The van der Waals surface area contributed by atoms with Crippen LogP contribution in [0.3, 0.4) is 0 Å². The third-order valence-corrected chi connectivity index (χ3v) is 6.37. The fraction of sp³-hybridized carbons (Fsp3) is 0.192. The molecule has 0 radical (unpaired) electrons. The molecular formula is C26H21NO3. The topological polar surface area (TPSA) is 60.2 Å². The second kappa shape index (κ2) is 7.06. The molecule has 0 aromatic heterocycles. The molecule has 30 heavy (non-hydrogen) atoms. The fourth-order valence-corrected chi connectivity index (χ4v) is 4.91. The van der Waals surface area contributed by atoms with Gasteiger partial charge in [-0.15, -0.1) is 0 Å². The Morgan fingerprint density at radius 2 is 1.80 bits per heavy atom. The molecule has 0 heterocycles. The molecule has 148 valence electrons. The van der Waals surface area contributed by atoms with Crippen LogP contribution in [0.15, 0.2) is 60.7 Å². The van der Waals surface area contributed by atoms with E-state index in [1.807, 2.05) is 0 Å². The van der Waals surface area contributed by atoms with Gasteiger partial charge in [0.15, 0.2) is 5.78 Å². The standard InChI is InChI=1S/C26H21NO3/c1-16-9-11-24(26(28)18-6-4-7-19(15-18)27(29)30)23-14-13-21-20-8-3-2-5-17(20)10-12-22(21)25(16)23/h2-8,10,13-16H,9,11-12H2,1H3. The number of ketones is 1. The van der Waals surface area contributed by atoms with Crippen LogP contribution >= 0.6 is 0 Å². The summed E-state index contributed by atoms with van der Waals surface area (Å²) in [6, 6.07) is 18.7. The van der Waals surface area contributed by atoms with Gasteiger partial charge >= 0.3 is 0 Å². The van der Waals surface area contributed by atoms with Gasteiger partial charge in [-0.05, 0) is 57.2 Å². The van der Waals surface area contributed by atoms with Gasteiger partial charge < -0.3 is 0 Å². The molecule has 3 aromatic carbocycles. The van der Waals surface area contributed by atoms with Crippen molar-refractivity contribution in [1.29, 1.82) is 0 Å². The first kappa shape index (κ1) is 18.5. The quantitative estimate of drug-likeness (QED) is 0.380. The Hall–Kier alpha value is -3.53. The summed E-state index contributed by atoms with van der Waals surface area (Å²) in [5.74, 6) is 0.266. The van der Waals surface area contributed by atoms with Crippen molar-refractivity contribution in [3.05, 3.63) is 108 Å². The van der Waals surface area contributed by atoms with Gasteiger partial charge in [-0.1, -0.05) is 61.5 Å². The highest BCUT2D eigenvalue weighted by Gasteiger charge is 2.25. The molecule has 1 atom stereocenters. The van der Waals surface area contributed by atoms with Crippen molar-refractivity contribution in [3.63, 3.8) is 0 Å². The summed E-state index contributed by atoms with van der Waals surface area (Å²) < 4.78 is 0. The second-order valence-corrected chi connectivity index (χ2v) is 8.10. The Bertz CT molecular complexity index is 1440. The number of carbonyl (C=O) groups is 1. The number of hydrogen-bond acceptors (Lipinski definition) is 3. The van der Waals surface area contributed by atoms with E-state index in [0.717, 1.165) is 23.6 Å². The average Bonchev–Trinajstić information content (AvgIpc) is 2.78. The predicted octanol–water partition coefficient (Wildman–Crippen LogP) is 4.15. The van der Waals surface area contributed by atoms with Crippen molar-refractivity contribution < 1.29 is 9.72 Å². The van der Waals surface area contributed by atoms with Crippen LogP contribution in [0.4, 0.5) is 5.69 Å². The Labute approximate surface area is 173 Å². The molecule has 2 aliphatic carbocycles. The molecule has 0 aliphatic heterocycles. The highest BCUT2D eigenvalue weighted by Crippen LogP contribution is 2.31.